The van der Waals surface area contributed by atoms with Crippen molar-refractivity contribution >= 4 is 29.0 Å². The Hall–Kier alpha value is -2.37. The summed E-state index contributed by atoms with van der Waals surface area (Å²) in [5, 5.41) is 12.4. The van der Waals surface area contributed by atoms with Crippen LogP contribution in [-0.2, 0) is 6.54 Å². The molecule has 0 radical (unpaired) electrons. The van der Waals surface area contributed by atoms with E-state index in [1.807, 2.05) is 24.3 Å². The molecule has 2 aromatic carbocycles. The van der Waals surface area contributed by atoms with Crippen molar-refractivity contribution in [2.45, 2.75) is 25.8 Å². The second kappa shape index (κ2) is 7.57. The number of fused-ring (bicyclic) bond motifs is 3. The minimum absolute atomic E-state index is 0.216. The van der Waals surface area contributed by atoms with E-state index in [4.69, 9.17) is 32.7 Å². The van der Waals surface area contributed by atoms with Gasteiger partial charge in [-0.05, 0) is 36.2 Å². The van der Waals surface area contributed by atoms with Gasteiger partial charge in [0.25, 0.3) is 0 Å². The molecule has 0 spiro atoms. The number of anilines is 1. The van der Waals surface area contributed by atoms with Crippen LogP contribution in [-0.4, -0.2) is 24.4 Å². The summed E-state index contributed by atoms with van der Waals surface area (Å²) in [7, 11) is 3.29. The molecule has 1 heterocycles. The molecular weight excluding hydrogens is 397 g/mol. The number of aromatic amines is 1. The Morgan fingerprint density at radius 3 is 2.43 bits per heavy atom. The molecule has 4 rings (SSSR count). The number of hydrogen-bond acceptors (Lipinski definition) is 4. The smallest absolute Gasteiger partial charge is 0.161 e. The van der Waals surface area contributed by atoms with E-state index in [-0.39, 0.29) is 5.92 Å². The lowest BCUT2D eigenvalue weighted by molar-refractivity contribution is 0.354. The number of nitrogens with one attached hydrogen (secondary N) is 2. The van der Waals surface area contributed by atoms with Crippen molar-refractivity contribution in [2.75, 3.05) is 19.5 Å². The van der Waals surface area contributed by atoms with E-state index in [0.717, 1.165) is 40.4 Å². The van der Waals surface area contributed by atoms with Crippen molar-refractivity contribution in [1.82, 2.24) is 10.2 Å². The van der Waals surface area contributed by atoms with Gasteiger partial charge in [0.05, 0.1) is 19.9 Å². The summed E-state index contributed by atoms with van der Waals surface area (Å²) in [6.07, 6.45) is 0.941. The highest BCUT2D eigenvalue weighted by molar-refractivity contribution is 6.36. The van der Waals surface area contributed by atoms with E-state index in [9.17, 15) is 0 Å². The van der Waals surface area contributed by atoms with Gasteiger partial charge in [-0.2, -0.15) is 5.10 Å². The fourth-order valence-corrected chi connectivity index (χ4v) is 4.41. The van der Waals surface area contributed by atoms with Gasteiger partial charge in [0.15, 0.2) is 11.5 Å². The van der Waals surface area contributed by atoms with Crippen LogP contribution in [0.4, 0.5) is 5.82 Å². The minimum Gasteiger partial charge on any atom is -0.493 e. The van der Waals surface area contributed by atoms with Gasteiger partial charge in [0.2, 0.25) is 0 Å². The van der Waals surface area contributed by atoms with Crippen LogP contribution in [0.2, 0.25) is 10.0 Å². The van der Waals surface area contributed by atoms with Gasteiger partial charge >= 0.3 is 0 Å². The lowest BCUT2D eigenvalue weighted by atomic mass is 9.94. The standard InChI is InChI=1S/C21H21Cl2N3O2/c1-4-11-12-8-17(27-2)18(28-3)9-13(12)20-19(11)21(26-25-20)24-10-14-15(22)6-5-7-16(14)23/h5-9,11H,4,10H2,1-3H3,(H2,24,25,26). The van der Waals surface area contributed by atoms with E-state index in [1.165, 1.54) is 5.56 Å². The first-order valence-corrected chi connectivity index (χ1v) is 9.85. The third-order valence-corrected chi connectivity index (χ3v) is 5.96. The van der Waals surface area contributed by atoms with Gasteiger partial charge in [-0.25, -0.2) is 0 Å². The molecule has 0 amide bonds. The van der Waals surface area contributed by atoms with Crippen molar-refractivity contribution in [3.05, 3.63) is 57.1 Å². The van der Waals surface area contributed by atoms with E-state index in [1.54, 1.807) is 14.2 Å². The van der Waals surface area contributed by atoms with E-state index < -0.39 is 0 Å². The number of nitrogens with zero attached hydrogens (tertiary/aromatic N) is 1. The zero-order chi connectivity index (χ0) is 19.8. The van der Waals surface area contributed by atoms with Crippen LogP contribution in [0.1, 0.15) is 36.0 Å². The molecule has 28 heavy (non-hydrogen) atoms. The Morgan fingerprint density at radius 2 is 1.79 bits per heavy atom. The molecule has 0 saturated heterocycles. The number of aromatic nitrogens is 2. The first kappa shape index (κ1) is 19.0. The molecule has 1 aliphatic rings. The molecule has 1 unspecified atom stereocenters. The average molecular weight is 418 g/mol. The maximum absolute atomic E-state index is 6.30. The Labute approximate surface area is 174 Å². The summed E-state index contributed by atoms with van der Waals surface area (Å²) in [5.74, 6) is 2.52. The molecule has 1 aromatic heterocycles. The number of benzene rings is 2. The van der Waals surface area contributed by atoms with Crippen LogP contribution in [0.25, 0.3) is 11.3 Å². The summed E-state index contributed by atoms with van der Waals surface area (Å²) in [6.45, 7) is 2.68. The zero-order valence-electron chi connectivity index (χ0n) is 15.9. The van der Waals surface area contributed by atoms with Crippen molar-refractivity contribution in [2.24, 2.45) is 0 Å². The second-order valence-corrected chi connectivity index (χ2v) is 7.48. The largest absolute Gasteiger partial charge is 0.493 e. The van der Waals surface area contributed by atoms with Gasteiger partial charge < -0.3 is 14.8 Å². The van der Waals surface area contributed by atoms with Crippen molar-refractivity contribution < 1.29 is 9.47 Å². The monoisotopic (exact) mass is 417 g/mol. The first-order valence-electron chi connectivity index (χ1n) is 9.10. The van der Waals surface area contributed by atoms with E-state index in [0.29, 0.717) is 22.3 Å². The molecule has 3 aromatic rings. The molecule has 146 valence electrons. The Morgan fingerprint density at radius 1 is 1.11 bits per heavy atom. The highest BCUT2D eigenvalue weighted by Crippen LogP contribution is 2.51. The summed E-state index contributed by atoms with van der Waals surface area (Å²) in [6, 6.07) is 9.57. The van der Waals surface area contributed by atoms with Crippen molar-refractivity contribution in [1.29, 1.82) is 0 Å². The van der Waals surface area contributed by atoms with Crippen LogP contribution in [0.5, 0.6) is 11.5 Å². The predicted molar refractivity (Wildman–Crippen MR) is 113 cm³/mol. The third-order valence-electron chi connectivity index (χ3n) is 5.25. The predicted octanol–water partition coefficient (Wildman–Crippen LogP) is 5.87. The van der Waals surface area contributed by atoms with Gasteiger partial charge in [-0.15, -0.1) is 0 Å². The number of rotatable bonds is 6. The Bertz CT molecular complexity index is 1010. The SMILES string of the molecule is CCC1c2cc(OC)c(OC)cc2-c2n[nH]c(NCc3c(Cl)cccc3Cl)c21. The molecule has 0 fully saturated rings. The van der Waals surface area contributed by atoms with Gasteiger partial charge in [-0.1, -0.05) is 36.2 Å². The fourth-order valence-electron chi connectivity index (χ4n) is 3.88. The average Bonchev–Trinajstić information content (AvgIpc) is 3.24. The summed E-state index contributed by atoms with van der Waals surface area (Å²) >= 11 is 12.6. The van der Waals surface area contributed by atoms with Gasteiger partial charge in [0, 0.05) is 39.2 Å². The molecule has 7 heteroatoms. The molecular formula is C21H21Cl2N3O2. The second-order valence-electron chi connectivity index (χ2n) is 6.67. The van der Waals surface area contributed by atoms with Gasteiger partial charge in [-0.3, -0.25) is 5.10 Å². The molecule has 1 aliphatic carbocycles. The first-order chi connectivity index (χ1) is 13.6. The molecule has 0 aliphatic heterocycles. The zero-order valence-corrected chi connectivity index (χ0v) is 17.4. The molecule has 0 saturated carbocycles. The van der Waals surface area contributed by atoms with Crippen LogP contribution in [0.15, 0.2) is 30.3 Å². The normalized spacial score (nSPS) is 14.5. The van der Waals surface area contributed by atoms with Crippen LogP contribution >= 0.6 is 23.2 Å². The summed E-state index contributed by atoms with van der Waals surface area (Å²) < 4.78 is 11.0. The number of halogens is 2. The van der Waals surface area contributed by atoms with Crippen LogP contribution < -0.4 is 14.8 Å². The maximum atomic E-state index is 6.30. The topological polar surface area (TPSA) is 59.2 Å². The van der Waals surface area contributed by atoms with E-state index >= 15 is 0 Å². The highest BCUT2D eigenvalue weighted by Gasteiger charge is 2.34. The minimum atomic E-state index is 0.216. The highest BCUT2D eigenvalue weighted by atomic mass is 35.5. The fraction of sp³-hybridized carbons (Fsp3) is 0.286. The maximum Gasteiger partial charge on any atom is 0.161 e. The Balaban J connectivity index is 1.71. The molecule has 2 N–H and O–H groups in total. The van der Waals surface area contributed by atoms with Gasteiger partial charge in [0.1, 0.15) is 5.82 Å². The summed E-state index contributed by atoms with van der Waals surface area (Å²) in [5.41, 5.74) is 5.22. The van der Waals surface area contributed by atoms with Crippen LogP contribution in [0.3, 0.4) is 0 Å². The number of H-pyrrole nitrogens is 1. The molecule has 1 atom stereocenters. The van der Waals surface area contributed by atoms with Crippen LogP contribution in [0, 0.1) is 0 Å². The molecule has 5 nitrogen and oxygen atoms in total. The van der Waals surface area contributed by atoms with Crippen molar-refractivity contribution in [3.63, 3.8) is 0 Å². The number of methoxy groups -OCH3 is 2. The number of ether oxygens (including phenoxy) is 2. The third kappa shape index (κ3) is 2.99. The number of hydrogen-bond donors (Lipinski definition) is 2. The lowest BCUT2D eigenvalue weighted by Gasteiger charge is -2.16. The molecule has 0 bridgehead atoms. The quantitative estimate of drug-likeness (QED) is 0.526. The Kier molecular flexibility index (Phi) is 5.13. The van der Waals surface area contributed by atoms with E-state index in [2.05, 4.69) is 28.5 Å². The summed E-state index contributed by atoms with van der Waals surface area (Å²) in [4.78, 5) is 0. The lowest BCUT2D eigenvalue weighted by Crippen LogP contribution is -2.05. The van der Waals surface area contributed by atoms with Crippen molar-refractivity contribution in [3.8, 4) is 22.8 Å².